The molecule has 0 saturated heterocycles. The van der Waals surface area contributed by atoms with Gasteiger partial charge in [0.05, 0.1) is 12.8 Å². The van der Waals surface area contributed by atoms with Crippen LogP contribution in [0.1, 0.15) is 31.9 Å². The Morgan fingerprint density at radius 2 is 1.88 bits per heavy atom. The van der Waals surface area contributed by atoms with Crippen molar-refractivity contribution in [1.29, 1.82) is 0 Å². The van der Waals surface area contributed by atoms with Gasteiger partial charge in [-0.25, -0.2) is 0 Å². The fourth-order valence-electron chi connectivity index (χ4n) is 2.31. The van der Waals surface area contributed by atoms with Crippen LogP contribution in [0.2, 0.25) is 0 Å². The first-order chi connectivity index (χ1) is 11.3. The third-order valence-corrected chi connectivity index (χ3v) is 3.70. The lowest BCUT2D eigenvalue weighted by atomic mass is 9.87. The van der Waals surface area contributed by atoms with Gasteiger partial charge in [0, 0.05) is 0 Å². The van der Waals surface area contributed by atoms with Gasteiger partial charge in [-0.15, -0.1) is 0 Å². The van der Waals surface area contributed by atoms with Gasteiger partial charge >= 0.3 is 0 Å². The normalized spacial score (nSPS) is 11.0. The van der Waals surface area contributed by atoms with Crippen molar-refractivity contribution in [3.63, 3.8) is 0 Å². The molecule has 4 nitrogen and oxygen atoms in total. The highest BCUT2D eigenvalue weighted by Gasteiger charge is 2.14. The summed E-state index contributed by atoms with van der Waals surface area (Å²) in [6, 6.07) is 13.5. The van der Waals surface area contributed by atoms with E-state index in [1.54, 1.807) is 7.11 Å². The van der Waals surface area contributed by atoms with E-state index in [2.05, 4.69) is 32.2 Å². The zero-order chi connectivity index (χ0) is 17.7. The molecule has 0 heterocycles. The van der Waals surface area contributed by atoms with Gasteiger partial charge in [0.15, 0.2) is 6.61 Å². The van der Waals surface area contributed by atoms with Crippen molar-refractivity contribution in [2.45, 2.75) is 33.1 Å². The Hall–Kier alpha value is -2.49. The van der Waals surface area contributed by atoms with Crippen LogP contribution in [0.3, 0.4) is 0 Å². The number of hydrogen-bond acceptors (Lipinski definition) is 3. The van der Waals surface area contributed by atoms with E-state index in [-0.39, 0.29) is 17.9 Å². The van der Waals surface area contributed by atoms with E-state index in [0.29, 0.717) is 17.2 Å². The molecule has 2 aromatic rings. The fraction of sp³-hybridized carbons (Fsp3) is 0.350. The Bertz CT molecular complexity index is 717. The van der Waals surface area contributed by atoms with Gasteiger partial charge in [0.25, 0.3) is 5.91 Å². The molecule has 24 heavy (non-hydrogen) atoms. The standard InChI is InChI=1S/C20H25NO3/c1-14-9-10-18(23-5)17(11-14)21-19(22)13-24-16-8-6-7-15(12-16)20(2,3)4/h6-12H,13H2,1-5H3,(H,21,22). The summed E-state index contributed by atoms with van der Waals surface area (Å²) in [4.78, 5) is 12.2. The first-order valence-electron chi connectivity index (χ1n) is 7.97. The Balaban J connectivity index is 2.00. The van der Waals surface area contributed by atoms with Crippen LogP contribution in [-0.2, 0) is 10.2 Å². The average molecular weight is 327 g/mol. The Morgan fingerprint density at radius 1 is 1.12 bits per heavy atom. The van der Waals surface area contributed by atoms with Crippen LogP contribution < -0.4 is 14.8 Å². The number of aryl methyl sites for hydroxylation is 1. The van der Waals surface area contributed by atoms with Crippen molar-refractivity contribution in [3.05, 3.63) is 53.6 Å². The van der Waals surface area contributed by atoms with Crippen LogP contribution in [0.15, 0.2) is 42.5 Å². The van der Waals surface area contributed by atoms with E-state index < -0.39 is 0 Å². The number of nitrogens with one attached hydrogen (secondary N) is 1. The molecule has 0 fully saturated rings. The maximum Gasteiger partial charge on any atom is 0.262 e. The largest absolute Gasteiger partial charge is 0.495 e. The summed E-state index contributed by atoms with van der Waals surface area (Å²) in [5, 5.41) is 2.83. The Labute approximate surface area is 143 Å². The van der Waals surface area contributed by atoms with Crippen LogP contribution in [0.4, 0.5) is 5.69 Å². The van der Waals surface area contributed by atoms with E-state index in [9.17, 15) is 4.79 Å². The van der Waals surface area contributed by atoms with E-state index in [1.165, 1.54) is 5.56 Å². The molecule has 0 aliphatic rings. The van der Waals surface area contributed by atoms with E-state index in [4.69, 9.17) is 9.47 Å². The number of benzene rings is 2. The van der Waals surface area contributed by atoms with E-state index in [1.807, 2.05) is 43.3 Å². The molecule has 1 N–H and O–H groups in total. The van der Waals surface area contributed by atoms with Crippen molar-refractivity contribution in [1.82, 2.24) is 0 Å². The maximum absolute atomic E-state index is 12.2. The number of carbonyl (C=O) groups excluding carboxylic acids is 1. The third kappa shape index (κ3) is 4.75. The molecule has 0 aromatic heterocycles. The van der Waals surface area contributed by atoms with Crippen LogP contribution >= 0.6 is 0 Å². The minimum atomic E-state index is -0.222. The zero-order valence-electron chi connectivity index (χ0n) is 15.0. The minimum Gasteiger partial charge on any atom is -0.495 e. The van der Waals surface area contributed by atoms with Gasteiger partial charge in [0.2, 0.25) is 0 Å². The highest BCUT2D eigenvalue weighted by Crippen LogP contribution is 2.26. The summed E-state index contributed by atoms with van der Waals surface area (Å²) in [7, 11) is 1.58. The first kappa shape index (κ1) is 17.9. The second-order valence-electron chi connectivity index (χ2n) is 6.82. The van der Waals surface area contributed by atoms with Crippen LogP contribution in [0.5, 0.6) is 11.5 Å². The van der Waals surface area contributed by atoms with Crippen molar-refractivity contribution >= 4 is 11.6 Å². The molecule has 0 atom stereocenters. The highest BCUT2D eigenvalue weighted by molar-refractivity contribution is 5.93. The fourth-order valence-corrected chi connectivity index (χ4v) is 2.31. The summed E-state index contributed by atoms with van der Waals surface area (Å²) in [6.45, 7) is 8.34. The van der Waals surface area contributed by atoms with Gasteiger partial charge in [0.1, 0.15) is 11.5 Å². The average Bonchev–Trinajstić information content (AvgIpc) is 2.53. The topological polar surface area (TPSA) is 47.6 Å². The van der Waals surface area contributed by atoms with Crippen molar-refractivity contribution in [3.8, 4) is 11.5 Å². The van der Waals surface area contributed by atoms with Crippen LogP contribution in [0, 0.1) is 6.92 Å². The molecule has 0 aliphatic carbocycles. The molecular formula is C20H25NO3. The van der Waals surface area contributed by atoms with Crippen molar-refractivity contribution in [2.75, 3.05) is 19.0 Å². The summed E-state index contributed by atoms with van der Waals surface area (Å²) < 4.78 is 10.9. The second-order valence-corrected chi connectivity index (χ2v) is 6.82. The van der Waals surface area contributed by atoms with Crippen LogP contribution in [0.25, 0.3) is 0 Å². The van der Waals surface area contributed by atoms with E-state index in [0.717, 1.165) is 5.56 Å². The predicted molar refractivity (Wildman–Crippen MR) is 97.0 cm³/mol. The number of methoxy groups -OCH3 is 1. The SMILES string of the molecule is COc1ccc(C)cc1NC(=O)COc1cccc(C(C)(C)C)c1. The molecule has 1 amide bonds. The molecule has 0 saturated carbocycles. The molecule has 4 heteroatoms. The van der Waals surface area contributed by atoms with Gasteiger partial charge in [-0.05, 0) is 47.7 Å². The lowest BCUT2D eigenvalue weighted by molar-refractivity contribution is -0.118. The van der Waals surface area contributed by atoms with Gasteiger partial charge in [-0.3, -0.25) is 4.79 Å². The molecular weight excluding hydrogens is 302 g/mol. The minimum absolute atomic E-state index is 0.0383. The number of ether oxygens (including phenoxy) is 2. The Morgan fingerprint density at radius 3 is 2.54 bits per heavy atom. The smallest absolute Gasteiger partial charge is 0.262 e. The Kier molecular flexibility index (Phi) is 5.50. The molecule has 0 spiro atoms. The quantitative estimate of drug-likeness (QED) is 0.890. The van der Waals surface area contributed by atoms with Gasteiger partial charge in [-0.2, -0.15) is 0 Å². The molecule has 2 aromatic carbocycles. The maximum atomic E-state index is 12.2. The summed E-state index contributed by atoms with van der Waals surface area (Å²) in [5.41, 5.74) is 2.90. The summed E-state index contributed by atoms with van der Waals surface area (Å²) >= 11 is 0. The summed E-state index contributed by atoms with van der Waals surface area (Å²) in [6.07, 6.45) is 0. The van der Waals surface area contributed by atoms with Crippen molar-refractivity contribution < 1.29 is 14.3 Å². The summed E-state index contributed by atoms with van der Waals surface area (Å²) in [5.74, 6) is 1.09. The highest BCUT2D eigenvalue weighted by atomic mass is 16.5. The van der Waals surface area contributed by atoms with Crippen molar-refractivity contribution in [2.24, 2.45) is 0 Å². The number of hydrogen-bond donors (Lipinski definition) is 1. The van der Waals surface area contributed by atoms with E-state index >= 15 is 0 Å². The molecule has 0 radical (unpaired) electrons. The molecule has 0 aliphatic heterocycles. The molecule has 0 unspecified atom stereocenters. The van der Waals surface area contributed by atoms with Gasteiger partial charge < -0.3 is 14.8 Å². The van der Waals surface area contributed by atoms with Gasteiger partial charge in [-0.1, -0.05) is 39.0 Å². The monoisotopic (exact) mass is 327 g/mol. The lowest BCUT2D eigenvalue weighted by Crippen LogP contribution is -2.21. The lowest BCUT2D eigenvalue weighted by Gasteiger charge is -2.19. The van der Waals surface area contributed by atoms with Crippen LogP contribution in [-0.4, -0.2) is 19.6 Å². The zero-order valence-corrected chi connectivity index (χ0v) is 15.0. The molecule has 2 rings (SSSR count). The second kappa shape index (κ2) is 7.39. The molecule has 128 valence electrons. The first-order valence-corrected chi connectivity index (χ1v) is 7.97. The predicted octanol–water partition coefficient (Wildman–Crippen LogP) is 4.32. The number of rotatable bonds is 5. The number of anilines is 1. The number of carbonyl (C=O) groups is 1. The molecule has 0 bridgehead atoms. The number of amides is 1. The third-order valence-electron chi connectivity index (χ3n) is 3.70.